The van der Waals surface area contributed by atoms with Crippen LogP contribution in [0.5, 0.6) is 11.5 Å². The van der Waals surface area contributed by atoms with E-state index in [1.807, 2.05) is 13.0 Å². The maximum absolute atomic E-state index is 5.59. The lowest BCUT2D eigenvalue weighted by Crippen LogP contribution is -2.16. The van der Waals surface area contributed by atoms with Crippen molar-refractivity contribution >= 4 is 21.8 Å². The molecule has 6 heteroatoms. The van der Waals surface area contributed by atoms with Gasteiger partial charge in [0, 0.05) is 11.6 Å². The standard InChI is InChI=1S/C12H11BrN2O3/c1-6-7(8-5-10(14)18-15-8)4-9-12(11(6)13)17-3-2-16-9/h4-5H,2-3,14H2,1H3. The van der Waals surface area contributed by atoms with Gasteiger partial charge in [0.05, 0.1) is 4.47 Å². The topological polar surface area (TPSA) is 70.5 Å². The minimum atomic E-state index is 0.287. The Hall–Kier alpha value is -1.69. The Balaban J connectivity index is 2.18. The first kappa shape index (κ1) is 11.4. The Morgan fingerprint density at radius 3 is 2.78 bits per heavy atom. The Bertz CT molecular complexity index is 610. The number of nitrogens with zero attached hydrogens (tertiary/aromatic N) is 1. The van der Waals surface area contributed by atoms with Gasteiger partial charge >= 0.3 is 0 Å². The lowest BCUT2D eigenvalue weighted by Gasteiger charge is -2.21. The Morgan fingerprint density at radius 2 is 2.06 bits per heavy atom. The fourth-order valence-electron chi connectivity index (χ4n) is 1.92. The second kappa shape index (κ2) is 4.20. The average molecular weight is 311 g/mol. The van der Waals surface area contributed by atoms with Gasteiger partial charge in [0.15, 0.2) is 11.5 Å². The van der Waals surface area contributed by atoms with Crippen molar-refractivity contribution in [1.29, 1.82) is 0 Å². The second-order valence-corrected chi connectivity index (χ2v) is 4.79. The van der Waals surface area contributed by atoms with Gasteiger partial charge in [-0.3, -0.25) is 0 Å². The van der Waals surface area contributed by atoms with Crippen molar-refractivity contribution in [3.8, 4) is 22.8 Å². The molecule has 2 aromatic rings. The fraction of sp³-hybridized carbons (Fsp3) is 0.250. The average Bonchev–Trinajstić information content (AvgIpc) is 2.80. The van der Waals surface area contributed by atoms with E-state index in [0.29, 0.717) is 24.7 Å². The number of benzene rings is 1. The van der Waals surface area contributed by atoms with E-state index in [1.165, 1.54) is 0 Å². The molecule has 3 rings (SSSR count). The van der Waals surface area contributed by atoms with Crippen LogP contribution in [0.15, 0.2) is 21.1 Å². The van der Waals surface area contributed by atoms with Gasteiger partial charge in [-0.1, -0.05) is 5.16 Å². The number of anilines is 1. The summed E-state index contributed by atoms with van der Waals surface area (Å²) >= 11 is 3.53. The Morgan fingerprint density at radius 1 is 1.28 bits per heavy atom. The minimum Gasteiger partial charge on any atom is -0.486 e. The zero-order chi connectivity index (χ0) is 12.7. The highest BCUT2D eigenvalue weighted by Crippen LogP contribution is 2.44. The number of fused-ring (bicyclic) bond motifs is 1. The third kappa shape index (κ3) is 1.73. The smallest absolute Gasteiger partial charge is 0.222 e. The molecule has 94 valence electrons. The molecule has 0 fully saturated rings. The van der Waals surface area contributed by atoms with Crippen LogP contribution in [-0.4, -0.2) is 18.4 Å². The molecule has 1 aromatic heterocycles. The summed E-state index contributed by atoms with van der Waals surface area (Å²) < 4.78 is 16.9. The Labute approximate surface area is 112 Å². The molecule has 1 aliphatic rings. The lowest BCUT2D eigenvalue weighted by atomic mass is 10.0. The van der Waals surface area contributed by atoms with E-state index in [9.17, 15) is 0 Å². The van der Waals surface area contributed by atoms with Crippen molar-refractivity contribution < 1.29 is 14.0 Å². The Kier molecular flexibility index (Phi) is 2.66. The molecular weight excluding hydrogens is 300 g/mol. The van der Waals surface area contributed by atoms with E-state index in [0.717, 1.165) is 21.3 Å². The number of halogens is 1. The summed E-state index contributed by atoms with van der Waals surface area (Å²) in [5.41, 5.74) is 8.14. The zero-order valence-corrected chi connectivity index (χ0v) is 11.3. The maximum atomic E-state index is 5.59. The van der Waals surface area contributed by atoms with Gasteiger partial charge in [0.25, 0.3) is 0 Å². The van der Waals surface area contributed by atoms with Gasteiger partial charge < -0.3 is 19.7 Å². The number of nitrogen functional groups attached to an aromatic ring is 1. The molecule has 0 unspecified atom stereocenters. The summed E-state index contributed by atoms with van der Waals surface area (Å²) in [5.74, 6) is 1.73. The maximum Gasteiger partial charge on any atom is 0.222 e. The lowest BCUT2D eigenvalue weighted by molar-refractivity contribution is 0.170. The molecule has 0 amide bonds. The van der Waals surface area contributed by atoms with E-state index in [4.69, 9.17) is 19.7 Å². The first-order chi connectivity index (χ1) is 8.66. The molecule has 0 bridgehead atoms. The van der Waals surface area contributed by atoms with Crippen LogP contribution in [0.4, 0.5) is 5.88 Å². The van der Waals surface area contributed by atoms with Gasteiger partial charge in [-0.15, -0.1) is 0 Å². The van der Waals surface area contributed by atoms with Gasteiger partial charge in [-0.2, -0.15) is 0 Å². The van der Waals surface area contributed by atoms with Gasteiger partial charge in [0.1, 0.15) is 18.9 Å². The number of hydrogen-bond acceptors (Lipinski definition) is 5. The summed E-state index contributed by atoms with van der Waals surface area (Å²) in [7, 11) is 0. The predicted octanol–water partition coefficient (Wildman–Crippen LogP) is 2.77. The molecule has 1 aliphatic heterocycles. The largest absolute Gasteiger partial charge is 0.486 e. The van der Waals surface area contributed by atoms with Crippen molar-refractivity contribution in [3.63, 3.8) is 0 Å². The molecule has 2 heterocycles. The molecule has 0 spiro atoms. The monoisotopic (exact) mass is 310 g/mol. The third-order valence-electron chi connectivity index (χ3n) is 2.82. The number of rotatable bonds is 1. The normalized spacial score (nSPS) is 13.7. The van der Waals surface area contributed by atoms with Crippen molar-refractivity contribution in [1.82, 2.24) is 5.16 Å². The van der Waals surface area contributed by atoms with E-state index in [2.05, 4.69) is 21.1 Å². The van der Waals surface area contributed by atoms with Gasteiger partial charge in [-0.25, -0.2) is 0 Å². The number of nitrogens with two attached hydrogens (primary N) is 1. The SMILES string of the molecule is Cc1c(-c2cc(N)on2)cc2c(c1Br)OCCO2. The molecular formula is C12H11BrN2O3. The number of hydrogen-bond donors (Lipinski definition) is 1. The van der Waals surface area contributed by atoms with Crippen LogP contribution in [0.1, 0.15) is 5.56 Å². The minimum absolute atomic E-state index is 0.287. The molecule has 0 saturated heterocycles. The molecule has 1 aromatic carbocycles. The highest BCUT2D eigenvalue weighted by molar-refractivity contribution is 9.10. The molecule has 0 saturated carbocycles. The van der Waals surface area contributed by atoms with Gasteiger partial charge in [0.2, 0.25) is 5.88 Å². The quantitative estimate of drug-likeness (QED) is 0.877. The first-order valence-corrected chi connectivity index (χ1v) is 6.27. The van der Waals surface area contributed by atoms with Crippen LogP contribution in [0, 0.1) is 6.92 Å². The summed E-state index contributed by atoms with van der Waals surface area (Å²) in [5, 5.41) is 3.92. The van der Waals surface area contributed by atoms with E-state index in [1.54, 1.807) is 6.07 Å². The van der Waals surface area contributed by atoms with E-state index < -0.39 is 0 Å². The van der Waals surface area contributed by atoms with Crippen LogP contribution >= 0.6 is 15.9 Å². The second-order valence-electron chi connectivity index (χ2n) is 4.00. The van der Waals surface area contributed by atoms with Crippen LogP contribution in [0.3, 0.4) is 0 Å². The van der Waals surface area contributed by atoms with Crippen LogP contribution in [0.2, 0.25) is 0 Å². The van der Waals surface area contributed by atoms with E-state index in [-0.39, 0.29) is 5.88 Å². The highest BCUT2D eigenvalue weighted by Gasteiger charge is 2.21. The number of aromatic nitrogens is 1. The molecule has 0 aliphatic carbocycles. The van der Waals surface area contributed by atoms with Crippen molar-refractivity contribution in [2.24, 2.45) is 0 Å². The summed E-state index contributed by atoms with van der Waals surface area (Å²) in [4.78, 5) is 0. The van der Waals surface area contributed by atoms with Crippen LogP contribution in [-0.2, 0) is 0 Å². The van der Waals surface area contributed by atoms with Crippen LogP contribution < -0.4 is 15.2 Å². The molecule has 5 nitrogen and oxygen atoms in total. The van der Waals surface area contributed by atoms with Crippen molar-refractivity contribution in [2.75, 3.05) is 18.9 Å². The molecule has 0 radical (unpaired) electrons. The molecule has 18 heavy (non-hydrogen) atoms. The zero-order valence-electron chi connectivity index (χ0n) is 9.70. The molecule has 0 atom stereocenters. The first-order valence-electron chi connectivity index (χ1n) is 5.48. The number of ether oxygens (including phenoxy) is 2. The van der Waals surface area contributed by atoms with Crippen molar-refractivity contribution in [3.05, 3.63) is 22.2 Å². The van der Waals surface area contributed by atoms with Crippen LogP contribution in [0.25, 0.3) is 11.3 Å². The molecule has 2 N–H and O–H groups in total. The summed E-state index contributed by atoms with van der Waals surface area (Å²) in [6.45, 7) is 3.08. The van der Waals surface area contributed by atoms with E-state index >= 15 is 0 Å². The summed E-state index contributed by atoms with van der Waals surface area (Å²) in [6, 6.07) is 3.58. The van der Waals surface area contributed by atoms with Gasteiger partial charge in [-0.05, 0) is 34.5 Å². The fourth-order valence-corrected chi connectivity index (χ4v) is 2.44. The highest BCUT2D eigenvalue weighted by atomic mass is 79.9. The third-order valence-corrected chi connectivity index (χ3v) is 3.78. The van der Waals surface area contributed by atoms with Crippen molar-refractivity contribution in [2.45, 2.75) is 6.92 Å². The predicted molar refractivity (Wildman–Crippen MR) is 69.8 cm³/mol. The summed E-state index contributed by atoms with van der Waals surface area (Å²) in [6.07, 6.45) is 0.